The molecule has 4 aromatic carbocycles. The minimum Gasteiger partial charge on any atom is -0.731 e. The first kappa shape index (κ1) is 40.4. The van der Waals surface area contributed by atoms with Crippen LogP contribution in [-0.4, -0.2) is 13.3 Å². The van der Waals surface area contributed by atoms with Crippen LogP contribution in [0.1, 0.15) is 66.8 Å². The second-order valence-corrected chi connectivity index (χ2v) is 9.72. The zero-order valence-corrected chi connectivity index (χ0v) is 29.1. The van der Waals surface area contributed by atoms with Gasteiger partial charge in [0.15, 0.2) is 0 Å². The number of rotatable bonds is 5. The molecule has 0 atom stereocenters. The minimum atomic E-state index is 0. The van der Waals surface area contributed by atoms with Crippen molar-refractivity contribution < 1.29 is 53.3 Å². The first-order valence-electron chi connectivity index (χ1n) is 13.0. The molecule has 0 aliphatic rings. The summed E-state index contributed by atoms with van der Waals surface area (Å²) in [5.74, 6) is 0. The van der Waals surface area contributed by atoms with Crippen molar-refractivity contribution in [3.05, 3.63) is 140 Å². The number of benzene rings is 2. The molecular weight excluding hydrogens is 686 g/mol. The maximum atomic E-state index is 10.4. The van der Waals surface area contributed by atoms with Gasteiger partial charge in [0.2, 0.25) is 0 Å². The van der Waals surface area contributed by atoms with E-state index >= 15 is 0 Å². The van der Waals surface area contributed by atoms with Crippen LogP contribution in [0.4, 0.5) is 0 Å². The van der Waals surface area contributed by atoms with E-state index < -0.39 is 0 Å². The summed E-state index contributed by atoms with van der Waals surface area (Å²) in [5, 5.41) is 0. The molecule has 5 heteroatoms. The van der Waals surface area contributed by atoms with Gasteiger partial charge in [0, 0.05) is 39.0 Å². The first-order chi connectivity index (χ1) is 18.5. The Labute approximate surface area is 274 Å². The Morgan fingerprint density at radius 1 is 0.659 bits per heavy atom. The van der Waals surface area contributed by atoms with Crippen LogP contribution in [0, 0.1) is 81.8 Å². The molecule has 232 valence electrons. The predicted octanol–water partition coefficient (Wildman–Crippen LogP) is 8.52. The van der Waals surface area contributed by atoms with Gasteiger partial charge >= 0.3 is 0 Å². The van der Waals surface area contributed by atoms with Crippen LogP contribution in [0.15, 0.2) is 60.7 Å². The molecular formula is C36H42O3Rh2-10. The average Bonchev–Trinajstić information content (AvgIpc) is 3.25. The Kier molecular flexibility index (Phi) is 19.9. The molecule has 0 saturated carbocycles. The number of carbonyl (C=O) groups excluding carboxylic acids is 2. The van der Waals surface area contributed by atoms with E-state index in [2.05, 4.69) is 76.0 Å². The van der Waals surface area contributed by atoms with E-state index in [0.717, 1.165) is 11.1 Å². The maximum Gasteiger partial charge on any atom is 0 e. The normalized spacial score (nSPS) is 9.12. The van der Waals surface area contributed by atoms with Crippen molar-refractivity contribution in [2.45, 2.75) is 69.2 Å². The van der Waals surface area contributed by atoms with Crippen LogP contribution in [-0.2, 0) is 53.3 Å². The molecule has 0 fully saturated rings. The van der Waals surface area contributed by atoms with Gasteiger partial charge in [-0.05, 0) is 0 Å². The summed E-state index contributed by atoms with van der Waals surface area (Å²) < 4.78 is 4.89. The zero-order valence-electron chi connectivity index (χ0n) is 25.8. The largest absolute Gasteiger partial charge is 0.731 e. The summed E-state index contributed by atoms with van der Waals surface area (Å²) in [7, 11) is 0. The van der Waals surface area contributed by atoms with Gasteiger partial charge in [-0.1, -0.05) is 59.3 Å². The van der Waals surface area contributed by atoms with Gasteiger partial charge < -0.3 is 42.1 Å². The smallest absolute Gasteiger partial charge is 0 e. The van der Waals surface area contributed by atoms with E-state index in [9.17, 15) is 4.79 Å². The van der Waals surface area contributed by atoms with Crippen molar-refractivity contribution >= 4 is 13.3 Å². The Morgan fingerprint density at radius 3 is 1.29 bits per heavy atom. The van der Waals surface area contributed by atoms with E-state index in [0.29, 0.717) is 6.10 Å². The van der Waals surface area contributed by atoms with Crippen LogP contribution in [0.5, 0.6) is 0 Å². The summed E-state index contributed by atoms with van der Waals surface area (Å²) in [6.07, 6.45) is 2.30. The first-order valence-corrected chi connectivity index (χ1v) is 13.0. The number of ether oxygens (including phenoxy) is 1. The van der Waals surface area contributed by atoms with Crippen molar-refractivity contribution in [1.82, 2.24) is 0 Å². The van der Waals surface area contributed by atoms with Gasteiger partial charge in [0.25, 0.3) is 0 Å². The van der Waals surface area contributed by atoms with Gasteiger partial charge in [0.1, 0.15) is 0 Å². The third-order valence-corrected chi connectivity index (χ3v) is 7.93. The van der Waals surface area contributed by atoms with Gasteiger partial charge in [-0.2, -0.15) is 69.6 Å². The molecule has 4 rings (SSSR count). The third kappa shape index (κ3) is 11.2. The molecule has 0 amide bonds. The summed E-state index contributed by atoms with van der Waals surface area (Å²) in [4.78, 5) is 18.1. The van der Waals surface area contributed by atoms with E-state index in [1.165, 1.54) is 62.1 Å². The van der Waals surface area contributed by atoms with Crippen LogP contribution < -0.4 is 0 Å². The van der Waals surface area contributed by atoms with Crippen LogP contribution >= 0.6 is 0 Å². The molecule has 0 aliphatic heterocycles. The molecule has 41 heavy (non-hydrogen) atoms. The predicted molar refractivity (Wildman–Crippen MR) is 164 cm³/mol. The molecule has 0 heterocycles. The van der Waals surface area contributed by atoms with Gasteiger partial charge in [0.05, 0.1) is 0 Å². The fraction of sp³-hybridized carbons (Fsp3) is 0.278. The van der Waals surface area contributed by atoms with E-state index in [1.807, 2.05) is 60.7 Å². The zero-order chi connectivity index (χ0) is 29.7. The Balaban J connectivity index is 0. The standard InChI is InChI=1S/C15H11O2.2C10H15.CHO.2Rh/c16-12-17-15(14-9-5-2-6-10-14)11-13-7-3-1-4-8-13;2*1-6-7(2)9(4)10(5)8(6)3;1-2;;/h1-11H;2*1-5H3;1H;;/q-3;-5;2*-1;;. The number of hydrogen-bond donors (Lipinski definition) is 0. The molecule has 3 nitrogen and oxygen atoms in total. The molecule has 0 bridgehead atoms. The Hall–Kier alpha value is -2.73. The van der Waals surface area contributed by atoms with Crippen molar-refractivity contribution in [2.75, 3.05) is 0 Å². The quantitative estimate of drug-likeness (QED) is 0.118. The van der Waals surface area contributed by atoms with Crippen molar-refractivity contribution in [3.8, 4) is 0 Å². The second-order valence-electron chi connectivity index (χ2n) is 9.72. The molecule has 2 radical (unpaired) electrons. The van der Waals surface area contributed by atoms with Gasteiger partial charge in [-0.15, -0.1) is 24.3 Å². The molecule has 0 saturated heterocycles. The molecule has 4 aromatic rings. The molecule has 0 N–H and O–H groups in total. The second kappa shape index (κ2) is 20.2. The summed E-state index contributed by atoms with van der Waals surface area (Å²) in [5.41, 5.74) is 16.5. The van der Waals surface area contributed by atoms with E-state index in [4.69, 9.17) is 9.53 Å². The number of hydrogen-bond acceptors (Lipinski definition) is 3. The summed E-state index contributed by atoms with van der Waals surface area (Å²) >= 11 is 0. The monoisotopic (exact) mass is 728 g/mol. The Morgan fingerprint density at radius 2 is 1.00 bits per heavy atom. The summed E-state index contributed by atoms with van der Waals surface area (Å²) in [6, 6.07) is 19.1. The van der Waals surface area contributed by atoms with Crippen LogP contribution in [0.25, 0.3) is 0 Å². The van der Waals surface area contributed by atoms with Crippen molar-refractivity contribution in [3.63, 3.8) is 0 Å². The fourth-order valence-corrected chi connectivity index (χ4v) is 4.33. The fourth-order valence-electron chi connectivity index (χ4n) is 4.33. The maximum absolute atomic E-state index is 10.4. The van der Waals surface area contributed by atoms with E-state index in [1.54, 1.807) is 6.42 Å². The van der Waals surface area contributed by atoms with Crippen LogP contribution in [0.2, 0.25) is 0 Å². The minimum absolute atomic E-state index is 0. The van der Waals surface area contributed by atoms with Gasteiger partial charge in [-0.3, -0.25) is 6.79 Å². The van der Waals surface area contributed by atoms with Gasteiger partial charge in [-0.25, -0.2) is 34.6 Å². The molecule has 0 spiro atoms. The average molecular weight is 729 g/mol. The summed E-state index contributed by atoms with van der Waals surface area (Å²) in [6.45, 7) is 26.7. The topological polar surface area (TPSA) is 43.4 Å². The molecule has 0 unspecified atom stereocenters. The Bertz CT molecular complexity index is 1090. The SMILES string of the molecule is C[c-]1[c-](C)[c-](C)[c-](C)[c-]1C.Cc1c(C)c(C)[c-](C)c1C.O=[C-]O[C-]([CH-]c1ccccc1)c1ccccc1.[CH-]=O.[Rh].[Rh]. The third-order valence-electron chi connectivity index (χ3n) is 7.93. The van der Waals surface area contributed by atoms with E-state index in [-0.39, 0.29) is 39.0 Å². The molecule has 0 aliphatic carbocycles. The molecule has 0 aromatic heterocycles. The van der Waals surface area contributed by atoms with Crippen molar-refractivity contribution in [2.24, 2.45) is 0 Å². The van der Waals surface area contributed by atoms with Crippen molar-refractivity contribution in [1.29, 1.82) is 0 Å². The van der Waals surface area contributed by atoms with Crippen LogP contribution in [0.3, 0.4) is 0 Å².